The van der Waals surface area contributed by atoms with Crippen molar-refractivity contribution in [3.8, 4) is 17.0 Å². The maximum absolute atomic E-state index is 5.80. The Bertz CT molecular complexity index is 517. The van der Waals surface area contributed by atoms with E-state index in [4.69, 9.17) is 10.5 Å². The van der Waals surface area contributed by atoms with E-state index in [1.54, 1.807) is 7.11 Å². The summed E-state index contributed by atoms with van der Waals surface area (Å²) in [5, 5.41) is 7.22. The molecular formula is C13H17N3O. The van der Waals surface area contributed by atoms with Gasteiger partial charge in [0.15, 0.2) is 0 Å². The number of hydrogen-bond acceptors (Lipinski definition) is 3. The van der Waals surface area contributed by atoms with E-state index in [1.165, 1.54) is 5.56 Å². The Morgan fingerprint density at radius 1 is 1.35 bits per heavy atom. The highest BCUT2D eigenvalue weighted by Crippen LogP contribution is 2.30. The van der Waals surface area contributed by atoms with Crippen LogP contribution in [0.2, 0.25) is 0 Å². The summed E-state index contributed by atoms with van der Waals surface area (Å²) in [5.41, 5.74) is 9.74. The third-order valence-electron chi connectivity index (χ3n) is 2.72. The first-order valence-electron chi connectivity index (χ1n) is 5.57. The third kappa shape index (κ3) is 2.31. The number of rotatable bonds is 3. The van der Waals surface area contributed by atoms with E-state index in [2.05, 4.69) is 16.3 Å². The van der Waals surface area contributed by atoms with Gasteiger partial charge in [-0.15, -0.1) is 0 Å². The topological polar surface area (TPSA) is 63.9 Å². The van der Waals surface area contributed by atoms with Gasteiger partial charge < -0.3 is 10.5 Å². The molecular weight excluding hydrogens is 214 g/mol. The van der Waals surface area contributed by atoms with E-state index < -0.39 is 0 Å². The summed E-state index contributed by atoms with van der Waals surface area (Å²) in [6.45, 7) is 3.97. The molecule has 90 valence electrons. The highest BCUT2D eigenvalue weighted by Gasteiger charge is 2.11. The fourth-order valence-electron chi connectivity index (χ4n) is 1.73. The molecule has 2 aromatic rings. The first-order chi connectivity index (χ1) is 8.11. The first-order valence-corrected chi connectivity index (χ1v) is 5.57. The minimum Gasteiger partial charge on any atom is -0.496 e. The van der Waals surface area contributed by atoms with Gasteiger partial charge in [-0.1, -0.05) is 11.6 Å². The van der Waals surface area contributed by atoms with Crippen LogP contribution in [0.15, 0.2) is 24.3 Å². The van der Waals surface area contributed by atoms with E-state index in [1.807, 2.05) is 32.0 Å². The van der Waals surface area contributed by atoms with Crippen molar-refractivity contribution in [1.82, 2.24) is 10.2 Å². The van der Waals surface area contributed by atoms with Crippen LogP contribution in [-0.2, 0) is 0 Å². The van der Waals surface area contributed by atoms with Crippen LogP contribution >= 0.6 is 0 Å². The number of aromatic nitrogens is 2. The van der Waals surface area contributed by atoms with Gasteiger partial charge in [0.25, 0.3) is 0 Å². The Kier molecular flexibility index (Phi) is 3.15. The highest BCUT2D eigenvalue weighted by molar-refractivity contribution is 5.68. The summed E-state index contributed by atoms with van der Waals surface area (Å²) in [5.74, 6) is 0.818. The van der Waals surface area contributed by atoms with Crippen LogP contribution in [-0.4, -0.2) is 17.3 Å². The summed E-state index contributed by atoms with van der Waals surface area (Å²) >= 11 is 0. The number of nitrogens with zero attached hydrogens (tertiary/aromatic N) is 1. The molecule has 1 aromatic carbocycles. The standard InChI is InChI=1S/C13H17N3O/c1-8-4-5-13(17-3)10(6-8)12-7-11(9(2)14)15-16-12/h4-7,9H,14H2,1-3H3,(H,15,16). The second kappa shape index (κ2) is 4.59. The molecule has 4 nitrogen and oxygen atoms in total. The van der Waals surface area contributed by atoms with Crippen molar-refractivity contribution in [2.45, 2.75) is 19.9 Å². The lowest BCUT2D eigenvalue weighted by molar-refractivity contribution is 0.416. The molecule has 0 fully saturated rings. The summed E-state index contributed by atoms with van der Waals surface area (Å²) in [7, 11) is 1.66. The zero-order valence-corrected chi connectivity index (χ0v) is 10.3. The SMILES string of the molecule is COc1ccc(C)cc1-c1cc(C(C)N)[nH]n1. The summed E-state index contributed by atoms with van der Waals surface area (Å²) in [6, 6.07) is 7.93. The molecule has 3 N–H and O–H groups in total. The summed E-state index contributed by atoms with van der Waals surface area (Å²) in [6.07, 6.45) is 0. The number of benzene rings is 1. The number of nitrogens with two attached hydrogens (primary N) is 1. The smallest absolute Gasteiger partial charge is 0.128 e. The normalized spacial score (nSPS) is 12.5. The quantitative estimate of drug-likeness (QED) is 0.852. The van der Waals surface area contributed by atoms with Crippen molar-refractivity contribution in [2.24, 2.45) is 5.73 Å². The summed E-state index contributed by atoms with van der Waals surface area (Å²) < 4.78 is 5.34. The molecule has 2 rings (SSSR count). The highest BCUT2D eigenvalue weighted by atomic mass is 16.5. The van der Waals surface area contributed by atoms with Crippen molar-refractivity contribution in [3.63, 3.8) is 0 Å². The fraction of sp³-hybridized carbons (Fsp3) is 0.308. The molecule has 0 spiro atoms. The van der Waals surface area contributed by atoms with Gasteiger partial charge in [-0.05, 0) is 32.0 Å². The number of hydrogen-bond donors (Lipinski definition) is 2. The van der Waals surface area contributed by atoms with Crippen LogP contribution in [0.4, 0.5) is 0 Å². The van der Waals surface area contributed by atoms with E-state index in [0.29, 0.717) is 0 Å². The molecule has 4 heteroatoms. The van der Waals surface area contributed by atoms with E-state index in [0.717, 1.165) is 22.7 Å². The van der Waals surface area contributed by atoms with E-state index in [-0.39, 0.29) is 6.04 Å². The van der Waals surface area contributed by atoms with Gasteiger partial charge >= 0.3 is 0 Å². The van der Waals surface area contributed by atoms with Crippen LogP contribution in [0.3, 0.4) is 0 Å². The number of aromatic amines is 1. The van der Waals surface area contributed by atoms with Crippen molar-refractivity contribution in [2.75, 3.05) is 7.11 Å². The van der Waals surface area contributed by atoms with Crippen LogP contribution in [0.25, 0.3) is 11.3 Å². The van der Waals surface area contributed by atoms with Gasteiger partial charge in [0.05, 0.1) is 18.5 Å². The van der Waals surface area contributed by atoms with Crippen LogP contribution in [0.5, 0.6) is 5.75 Å². The van der Waals surface area contributed by atoms with Crippen molar-refractivity contribution in [1.29, 1.82) is 0 Å². The fourth-order valence-corrected chi connectivity index (χ4v) is 1.73. The molecule has 0 saturated carbocycles. The zero-order chi connectivity index (χ0) is 12.4. The number of nitrogens with one attached hydrogen (secondary N) is 1. The summed E-state index contributed by atoms with van der Waals surface area (Å²) in [4.78, 5) is 0. The number of ether oxygens (including phenoxy) is 1. The maximum atomic E-state index is 5.80. The third-order valence-corrected chi connectivity index (χ3v) is 2.72. The molecule has 0 saturated heterocycles. The zero-order valence-electron chi connectivity index (χ0n) is 10.3. The molecule has 17 heavy (non-hydrogen) atoms. The maximum Gasteiger partial charge on any atom is 0.128 e. The number of aryl methyl sites for hydroxylation is 1. The molecule has 0 aliphatic carbocycles. The van der Waals surface area contributed by atoms with Gasteiger partial charge in [0, 0.05) is 11.6 Å². The predicted octanol–water partition coefficient (Wildman–Crippen LogP) is 2.41. The minimum absolute atomic E-state index is 0.0490. The lowest BCUT2D eigenvalue weighted by Crippen LogP contribution is -2.04. The van der Waals surface area contributed by atoms with Gasteiger partial charge in [-0.3, -0.25) is 5.10 Å². The Morgan fingerprint density at radius 3 is 2.71 bits per heavy atom. The van der Waals surface area contributed by atoms with Crippen molar-refractivity contribution < 1.29 is 4.74 Å². The predicted molar refractivity (Wildman–Crippen MR) is 67.9 cm³/mol. The Labute approximate surface area is 101 Å². The average molecular weight is 231 g/mol. The van der Waals surface area contributed by atoms with Crippen LogP contribution in [0, 0.1) is 6.92 Å². The van der Waals surface area contributed by atoms with Gasteiger partial charge in [0.2, 0.25) is 0 Å². The molecule has 0 radical (unpaired) electrons. The molecule has 0 amide bonds. The first kappa shape index (κ1) is 11.7. The molecule has 0 aliphatic heterocycles. The molecule has 0 bridgehead atoms. The van der Waals surface area contributed by atoms with Crippen LogP contribution < -0.4 is 10.5 Å². The Morgan fingerprint density at radius 2 is 2.12 bits per heavy atom. The van der Waals surface area contributed by atoms with E-state index >= 15 is 0 Å². The Hall–Kier alpha value is -1.81. The lowest BCUT2D eigenvalue weighted by atomic mass is 10.1. The minimum atomic E-state index is -0.0490. The second-order valence-corrected chi connectivity index (χ2v) is 4.20. The number of H-pyrrole nitrogens is 1. The average Bonchev–Trinajstić information content (AvgIpc) is 2.78. The lowest BCUT2D eigenvalue weighted by Gasteiger charge is -2.06. The van der Waals surface area contributed by atoms with Gasteiger partial charge in [0.1, 0.15) is 5.75 Å². The molecule has 1 atom stereocenters. The number of methoxy groups -OCH3 is 1. The van der Waals surface area contributed by atoms with Gasteiger partial charge in [-0.2, -0.15) is 5.10 Å². The Balaban J connectivity index is 2.47. The molecule has 1 unspecified atom stereocenters. The van der Waals surface area contributed by atoms with E-state index in [9.17, 15) is 0 Å². The largest absolute Gasteiger partial charge is 0.496 e. The molecule has 1 heterocycles. The monoisotopic (exact) mass is 231 g/mol. The van der Waals surface area contributed by atoms with Gasteiger partial charge in [-0.25, -0.2) is 0 Å². The second-order valence-electron chi connectivity index (χ2n) is 4.20. The molecule has 0 aliphatic rings. The van der Waals surface area contributed by atoms with Crippen molar-refractivity contribution in [3.05, 3.63) is 35.5 Å². The molecule has 1 aromatic heterocycles. The van der Waals surface area contributed by atoms with Crippen LogP contribution in [0.1, 0.15) is 24.2 Å². The van der Waals surface area contributed by atoms with Crippen molar-refractivity contribution >= 4 is 0 Å².